The molecule has 1 atom stereocenters. The van der Waals surface area contributed by atoms with E-state index in [0.29, 0.717) is 6.04 Å². The van der Waals surface area contributed by atoms with E-state index in [9.17, 15) is 10.2 Å². The minimum atomic E-state index is -0.0525. The molecular weight excluding hydrogens is 228 g/mol. The second kappa shape index (κ2) is 6.07. The van der Waals surface area contributed by atoms with Crippen LogP contribution in [0.2, 0.25) is 0 Å². The smallest absolute Gasteiger partial charge is 0.157 e. The van der Waals surface area contributed by atoms with Crippen molar-refractivity contribution in [2.75, 3.05) is 19.6 Å². The average molecular weight is 250 g/mol. The van der Waals surface area contributed by atoms with Crippen LogP contribution in [-0.2, 0) is 6.54 Å². The molecule has 0 saturated carbocycles. The Bertz CT molecular complexity index is 389. The molecule has 1 unspecified atom stereocenters. The molecule has 1 aliphatic rings. The molecule has 0 amide bonds. The number of nitrogens with one attached hydrogen (secondary N) is 1. The van der Waals surface area contributed by atoms with Crippen LogP contribution >= 0.6 is 0 Å². The van der Waals surface area contributed by atoms with Crippen molar-refractivity contribution in [1.29, 1.82) is 0 Å². The Morgan fingerprint density at radius 3 is 2.78 bits per heavy atom. The van der Waals surface area contributed by atoms with Crippen LogP contribution in [0.3, 0.4) is 0 Å². The number of hydrogen-bond donors (Lipinski definition) is 3. The van der Waals surface area contributed by atoms with Gasteiger partial charge in [0, 0.05) is 19.1 Å². The summed E-state index contributed by atoms with van der Waals surface area (Å²) in [5.74, 6) is -0.0863. The van der Waals surface area contributed by atoms with Gasteiger partial charge in [0.2, 0.25) is 0 Å². The Morgan fingerprint density at radius 1 is 1.33 bits per heavy atom. The fourth-order valence-corrected chi connectivity index (χ4v) is 2.53. The summed E-state index contributed by atoms with van der Waals surface area (Å²) in [5, 5.41) is 22.2. The minimum absolute atomic E-state index is 0.0338. The number of benzene rings is 1. The number of hydrogen-bond acceptors (Lipinski definition) is 4. The Hall–Kier alpha value is -1.26. The summed E-state index contributed by atoms with van der Waals surface area (Å²) in [6.45, 7) is 6.21. The van der Waals surface area contributed by atoms with Crippen LogP contribution in [0.15, 0.2) is 18.2 Å². The van der Waals surface area contributed by atoms with E-state index in [2.05, 4.69) is 17.1 Å². The van der Waals surface area contributed by atoms with Crippen LogP contribution in [0, 0.1) is 0 Å². The molecule has 18 heavy (non-hydrogen) atoms. The molecule has 4 nitrogen and oxygen atoms in total. The van der Waals surface area contributed by atoms with Gasteiger partial charge in [-0.25, -0.2) is 0 Å². The van der Waals surface area contributed by atoms with Crippen molar-refractivity contribution < 1.29 is 10.2 Å². The van der Waals surface area contributed by atoms with Crippen molar-refractivity contribution in [3.05, 3.63) is 23.8 Å². The first-order chi connectivity index (χ1) is 8.70. The number of phenols is 2. The summed E-state index contributed by atoms with van der Waals surface area (Å²) in [5.41, 5.74) is 1.05. The lowest BCUT2D eigenvalue weighted by atomic mass is 10.1. The number of rotatable bonds is 5. The van der Waals surface area contributed by atoms with Gasteiger partial charge in [0.1, 0.15) is 0 Å². The first-order valence-electron chi connectivity index (χ1n) is 6.66. The maximum atomic E-state index is 9.53. The van der Waals surface area contributed by atoms with Crippen molar-refractivity contribution in [1.82, 2.24) is 10.2 Å². The fraction of sp³-hybridized carbons (Fsp3) is 0.571. The van der Waals surface area contributed by atoms with E-state index in [1.807, 2.05) is 6.07 Å². The first-order valence-corrected chi connectivity index (χ1v) is 6.66. The molecule has 1 fully saturated rings. The predicted molar refractivity (Wildman–Crippen MR) is 71.7 cm³/mol. The molecule has 1 aromatic carbocycles. The molecule has 0 bridgehead atoms. The van der Waals surface area contributed by atoms with E-state index in [0.717, 1.165) is 38.2 Å². The zero-order valence-electron chi connectivity index (χ0n) is 10.9. The molecule has 3 N–H and O–H groups in total. The van der Waals surface area contributed by atoms with Gasteiger partial charge in [0.05, 0.1) is 0 Å². The molecule has 1 heterocycles. The summed E-state index contributed by atoms with van der Waals surface area (Å²) in [4.78, 5) is 2.45. The van der Waals surface area contributed by atoms with Gasteiger partial charge >= 0.3 is 0 Å². The van der Waals surface area contributed by atoms with Gasteiger partial charge in [-0.2, -0.15) is 0 Å². The average Bonchev–Trinajstić information content (AvgIpc) is 2.87. The van der Waals surface area contributed by atoms with E-state index in [-0.39, 0.29) is 11.5 Å². The van der Waals surface area contributed by atoms with Crippen LogP contribution in [0.5, 0.6) is 11.5 Å². The van der Waals surface area contributed by atoms with E-state index >= 15 is 0 Å². The molecule has 4 heteroatoms. The number of nitrogens with zero attached hydrogens (tertiary/aromatic N) is 1. The van der Waals surface area contributed by atoms with Crippen LogP contribution in [0.1, 0.15) is 25.3 Å². The van der Waals surface area contributed by atoms with Gasteiger partial charge in [-0.1, -0.05) is 13.0 Å². The lowest BCUT2D eigenvalue weighted by Gasteiger charge is -2.28. The molecule has 100 valence electrons. The van der Waals surface area contributed by atoms with E-state index < -0.39 is 0 Å². The van der Waals surface area contributed by atoms with Crippen molar-refractivity contribution in [2.24, 2.45) is 0 Å². The van der Waals surface area contributed by atoms with Gasteiger partial charge in [-0.05, 0) is 43.6 Å². The van der Waals surface area contributed by atoms with E-state index in [4.69, 9.17) is 0 Å². The number of phenolic OH excluding ortho intramolecular Hbond substituents is 2. The SMILES string of the molecule is CCCN(Cc1ccc(O)c(O)c1)C1CCNC1. The standard InChI is InChI=1S/C14H22N2O2/c1-2-7-16(12-5-6-15-9-12)10-11-3-4-13(17)14(18)8-11/h3-4,8,12,15,17-18H,2,5-7,9-10H2,1H3. The maximum absolute atomic E-state index is 9.53. The monoisotopic (exact) mass is 250 g/mol. The third-order valence-electron chi connectivity index (χ3n) is 3.49. The summed E-state index contributed by atoms with van der Waals surface area (Å²) in [6.07, 6.45) is 2.31. The molecule has 0 radical (unpaired) electrons. The Kier molecular flexibility index (Phi) is 4.44. The van der Waals surface area contributed by atoms with Crippen molar-refractivity contribution in [3.63, 3.8) is 0 Å². The highest BCUT2D eigenvalue weighted by atomic mass is 16.3. The largest absolute Gasteiger partial charge is 0.504 e. The van der Waals surface area contributed by atoms with Gasteiger partial charge in [0.25, 0.3) is 0 Å². The topological polar surface area (TPSA) is 55.7 Å². The quantitative estimate of drug-likeness (QED) is 0.696. The Morgan fingerprint density at radius 2 is 2.17 bits per heavy atom. The van der Waals surface area contributed by atoms with Gasteiger partial charge < -0.3 is 15.5 Å². The predicted octanol–water partition coefficient (Wildman–Crippen LogP) is 1.67. The van der Waals surface area contributed by atoms with E-state index in [1.54, 1.807) is 12.1 Å². The second-order valence-electron chi connectivity index (χ2n) is 4.94. The maximum Gasteiger partial charge on any atom is 0.157 e. The van der Waals surface area contributed by atoms with Gasteiger partial charge in [0.15, 0.2) is 11.5 Å². The zero-order chi connectivity index (χ0) is 13.0. The van der Waals surface area contributed by atoms with Crippen LogP contribution < -0.4 is 5.32 Å². The third kappa shape index (κ3) is 3.15. The Balaban J connectivity index is 2.04. The summed E-state index contributed by atoms with van der Waals surface area (Å²) < 4.78 is 0. The fourth-order valence-electron chi connectivity index (χ4n) is 2.53. The molecule has 1 aromatic rings. The summed E-state index contributed by atoms with van der Waals surface area (Å²) in [7, 11) is 0. The summed E-state index contributed by atoms with van der Waals surface area (Å²) >= 11 is 0. The highest BCUT2D eigenvalue weighted by Gasteiger charge is 2.21. The third-order valence-corrected chi connectivity index (χ3v) is 3.49. The van der Waals surface area contributed by atoms with Crippen LogP contribution in [0.25, 0.3) is 0 Å². The zero-order valence-corrected chi connectivity index (χ0v) is 10.9. The van der Waals surface area contributed by atoms with Crippen molar-refractivity contribution in [2.45, 2.75) is 32.4 Å². The molecule has 1 saturated heterocycles. The second-order valence-corrected chi connectivity index (χ2v) is 4.94. The molecule has 2 rings (SSSR count). The Labute approximate surface area is 108 Å². The highest BCUT2D eigenvalue weighted by Crippen LogP contribution is 2.26. The normalized spacial score (nSPS) is 19.6. The molecular formula is C14H22N2O2. The molecule has 0 aromatic heterocycles. The van der Waals surface area contributed by atoms with Gasteiger partial charge in [-0.15, -0.1) is 0 Å². The van der Waals surface area contributed by atoms with E-state index in [1.165, 1.54) is 6.42 Å². The molecule has 0 aliphatic carbocycles. The summed E-state index contributed by atoms with van der Waals surface area (Å²) in [6, 6.07) is 5.67. The molecule has 0 spiro atoms. The van der Waals surface area contributed by atoms with Crippen molar-refractivity contribution in [3.8, 4) is 11.5 Å². The molecule has 1 aliphatic heterocycles. The first kappa shape index (κ1) is 13.2. The highest BCUT2D eigenvalue weighted by molar-refractivity contribution is 5.40. The van der Waals surface area contributed by atoms with Crippen molar-refractivity contribution >= 4 is 0 Å². The number of aromatic hydroxyl groups is 2. The van der Waals surface area contributed by atoms with Crippen LogP contribution in [-0.4, -0.2) is 40.8 Å². The lowest BCUT2D eigenvalue weighted by Crippen LogP contribution is -2.36. The lowest BCUT2D eigenvalue weighted by molar-refractivity contribution is 0.199. The van der Waals surface area contributed by atoms with Gasteiger partial charge in [-0.3, -0.25) is 4.90 Å². The van der Waals surface area contributed by atoms with Crippen LogP contribution in [0.4, 0.5) is 0 Å². The minimum Gasteiger partial charge on any atom is -0.504 e.